The van der Waals surface area contributed by atoms with Crippen LogP contribution in [0.15, 0.2) is 94.8 Å². The number of aromatic amines is 2. The average Bonchev–Trinajstić information content (AvgIpc) is 1.62. The number of imidazole rings is 3. The van der Waals surface area contributed by atoms with E-state index in [2.05, 4.69) is 103 Å². The van der Waals surface area contributed by atoms with Crippen LogP contribution in [-0.4, -0.2) is 284 Å². The van der Waals surface area contributed by atoms with Gasteiger partial charge in [0.25, 0.3) is 18.9 Å². The number of phosphoric ester groups is 1. The third kappa shape index (κ3) is 23.1. The van der Waals surface area contributed by atoms with Crippen LogP contribution < -0.4 is 60.6 Å². The normalized spacial score (nSPS) is 19.7. The number of carbonyl (C=O) groups excluding carboxylic acids is 5. The number of ether oxygens (including phenoxy) is 4. The molecule has 0 radical (unpaired) electrons. The monoisotopic (exact) mass is 1730 g/mol. The fourth-order valence-corrected chi connectivity index (χ4v) is 16.2. The minimum absolute atomic E-state index is 0.0153. The molecule has 0 bridgehead atoms. The molecule has 12 rings (SSSR count). The molecule has 3 saturated heterocycles. The van der Waals surface area contributed by atoms with Crippen LogP contribution in [0.25, 0.3) is 33.4 Å². The van der Waals surface area contributed by atoms with E-state index >= 15 is 0 Å². The maximum absolute atomic E-state index is 13.6. The lowest BCUT2D eigenvalue weighted by Gasteiger charge is -2.43. The first-order valence-corrected chi connectivity index (χ1v) is 40.8. The number of H-pyrrole nitrogens is 2. The van der Waals surface area contributed by atoms with Gasteiger partial charge in [0, 0.05) is 95.5 Å². The van der Waals surface area contributed by atoms with E-state index in [-0.39, 0.29) is 141 Å². The lowest BCUT2D eigenvalue weighted by Crippen LogP contribution is -2.57. The van der Waals surface area contributed by atoms with Crippen LogP contribution in [0.1, 0.15) is 67.1 Å². The number of esters is 2. The van der Waals surface area contributed by atoms with E-state index in [1.807, 2.05) is 30.2 Å². The number of amides is 3. The predicted octanol–water partition coefficient (Wildman–Crippen LogP) is -4.85. The number of aromatic nitrogens is 15. The highest BCUT2D eigenvalue weighted by molar-refractivity contribution is 7.55. The number of benzene rings is 1. The molecular weight excluding hydrogens is 1640 g/mol. The topological polar surface area (TPSA) is 681 Å². The number of aliphatic hydroxyl groups is 1. The van der Waals surface area contributed by atoms with Crippen molar-refractivity contribution < 1.29 is 95.8 Å². The van der Waals surface area contributed by atoms with Crippen molar-refractivity contribution in [1.82, 2.24) is 97.4 Å². The van der Waals surface area contributed by atoms with E-state index in [1.165, 1.54) is 68.8 Å². The van der Waals surface area contributed by atoms with Crippen molar-refractivity contribution >= 4 is 108 Å². The van der Waals surface area contributed by atoms with Crippen LogP contribution in [-0.2, 0) is 90.2 Å². The Kier molecular flexibility index (Phi) is 29.7. The Morgan fingerprint density at radius 2 is 1.43 bits per heavy atom. The van der Waals surface area contributed by atoms with Gasteiger partial charge in [-0.05, 0) is 33.0 Å². The van der Waals surface area contributed by atoms with Gasteiger partial charge in [-0.15, -0.1) is 0 Å². The number of likely N-dealkylation sites (N-methyl/N-ethyl adjacent to an activating group) is 2. The fourth-order valence-electron chi connectivity index (χ4n) is 13.6. The van der Waals surface area contributed by atoms with Gasteiger partial charge in [0.15, 0.2) is 29.2 Å². The van der Waals surface area contributed by atoms with Crippen LogP contribution in [0.5, 0.6) is 0 Å². The van der Waals surface area contributed by atoms with Gasteiger partial charge in [-0.25, -0.2) is 39.7 Å². The highest BCUT2D eigenvalue weighted by Crippen LogP contribution is 2.50. The van der Waals surface area contributed by atoms with Crippen molar-refractivity contribution in [3.63, 3.8) is 0 Å². The molecule has 0 spiro atoms. The zero-order valence-electron chi connectivity index (χ0n) is 65.7. The summed E-state index contributed by atoms with van der Waals surface area (Å²) in [6, 6.07) is 9.32. The first kappa shape index (κ1) is 90.2. The van der Waals surface area contributed by atoms with Crippen molar-refractivity contribution in [2.24, 2.45) is 11.5 Å². The molecule has 16 N–H and O–H groups in total. The summed E-state index contributed by atoms with van der Waals surface area (Å²) >= 11 is 0. The third-order valence-corrected chi connectivity index (χ3v) is 22.6. The van der Waals surface area contributed by atoms with E-state index in [9.17, 15) is 77.1 Å². The van der Waals surface area contributed by atoms with Gasteiger partial charge >= 0.3 is 29.6 Å². The molecule has 3 aliphatic heterocycles. The van der Waals surface area contributed by atoms with Gasteiger partial charge in [0.2, 0.25) is 23.7 Å². The number of aliphatic hydroxyl groups excluding tert-OH is 1. The number of rotatable bonds is 33. The first-order chi connectivity index (χ1) is 58.1. The summed E-state index contributed by atoms with van der Waals surface area (Å²) in [5.74, 6) is 5.17. The largest absolute Gasteiger partial charge is 0.783 e. The molecule has 3 amide bonds. The minimum atomic E-state index is -5.31. The Bertz CT molecular complexity index is 5770. The molecular formula is C72H87N25O23P2-2. The molecule has 11 heterocycles. The molecule has 48 nitrogen and oxygen atoms in total. The van der Waals surface area contributed by atoms with Crippen LogP contribution in [0, 0.1) is 30.6 Å². The molecule has 0 aliphatic carbocycles. The number of fused-ring (bicyclic) bond motifs is 3. The molecule has 0 saturated carbocycles. The van der Waals surface area contributed by atoms with E-state index in [0.29, 0.717) is 17.0 Å². The summed E-state index contributed by atoms with van der Waals surface area (Å²) in [5, 5.41) is 32.1. The Morgan fingerprint density at radius 3 is 2.15 bits per heavy atom. The molecule has 122 heavy (non-hydrogen) atoms. The summed E-state index contributed by atoms with van der Waals surface area (Å²) < 4.78 is 65.2. The van der Waals surface area contributed by atoms with Crippen molar-refractivity contribution in [3.05, 3.63) is 134 Å². The molecule has 11 atom stereocenters. The van der Waals surface area contributed by atoms with Crippen molar-refractivity contribution in [2.45, 2.75) is 114 Å². The number of hydrogen-bond acceptors (Lipinski definition) is 36. The van der Waals surface area contributed by atoms with E-state index < -0.39 is 150 Å². The predicted molar refractivity (Wildman–Crippen MR) is 423 cm³/mol. The molecule has 650 valence electrons. The smallest absolute Gasteiger partial charge is 0.330 e. The number of aryl methyl sites for hydroxylation is 1. The van der Waals surface area contributed by atoms with Crippen LogP contribution in [0.3, 0.4) is 0 Å². The molecule has 3 fully saturated rings. The summed E-state index contributed by atoms with van der Waals surface area (Å²) in [4.78, 5) is 194. The Labute approximate surface area is 690 Å². The number of nitrogens with zero attached hydrogens (tertiary/aromatic N) is 17. The molecule has 50 heteroatoms. The van der Waals surface area contributed by atoms with Crippen molar-refractivity contribution in [2.75, 3.05) is 110 Å². The third-order valence-electron chi connectivity index (χ3n) is 19.7. The first-order valence-electron chi connectivity index (χ1n) is 37.6. The lowest BCUT2D eigenvalue weighted by atomic mass is 10.0. The van der Waals surface area contributed by atoms with Crippen LogP contribution in [0.4, 0.5) is 17.6 Å². The van der Waals surface area contributed by atoms with Gasteiger partial charge in [-0.1, -0.05) is 54.0 Å². The zero-order chi connectivity index (χ0) is 87.9. The standard InChI is InChI=1S/C42H53N15O8.C30H36N10O15P2/c1-52-19-30(53(2)18-29(52)16-27-8-4-3-5-9-27)24-65-35(63)11-7-6-10-28-17-56(39-36(28)38(44)47-25-48-39)21-32(59)55(23-34(61)62)15-13-46-31(58)20-54(14-12-43)33(60)22-57-26-49-37-40(57)50-42(45)51-41(37)64;1-15-33-4-5-40(15)56(47,48)12-21-19(9-23(54-21)39-14-36-25-26(32)34-13-35-27(25)39)55-57(49,50)52-11-20-18(41)8-22(53-20)38-10-16(28(44)37-30(38)46)3-2-6-51-29(45)17(31)7-24(42)43/h3-5,8-9,17,25-26,29-30H,7,11-16,18-24,43H2,1-2H3,(H,46,58)(H,61,62)(H2,44,47,48)(H3,45,50,51,64);4-5,10,13-14,17-23,41H,6-9,11-12,31H2,1H3,(H,42,43)(H,47,48)(H,49,50)(H2,32,34,35)(H,37,44,46)/p-2/t;17?,18-,19-,20-,21-,22-,23-/m.1/s1. The second-order valence-corrected chi connectivity index (χ2v) is 31.8. The molecule has 3 aliphatic rings. The lowest BCUT2D eigenvalue weighted by molar-refractivity contribution is -0.234. The van der Waals surface area contributed by atoms with Crippen LogP contribution in [0.2, 0.25) is 0 Å². The number of carboxylic acid groups (broad SMARTS) is 2. The number of aliphatic carboxylic acids is 2. The van der Waals surface area contributed by atoms with Crippen molar-refractivity contribution in [1.29, 1.82) is 0 Å². The van der Waals surface area contributed by atoms with Crippen LogP contribution >= 0.6 is 15.3 Å². The second kappa shape index (κ2) is 40.2. The Hall–Kier alpha value is -12.5. The maximum Gasteiger partial charge on any atom is 0.330 e. The number of hydrogen-bond donors (Lipinski definition) is 11. The second-order valence-electron chi connectivity index (χ2n) is 28.4. The summed E-state index contributed by atoms with van der Waals surface area (Å²) in [5.41, 5.74) is 28.6. The number of nitrogens with two attached hydrogens (primary N) is 5. The number of carbonyl (C=O) groups is 7. The molecule has 8 aromatic heterocycles. The molecule has 9 aromatic rings. The highest BCUT2D eigenvalue weighted by atomic mass is 31.2. The van der Waals surface area contributed by atoms with Gasteiger partial charge in [0.05, 0.1) is 74.0 Å². The zero-order valence-corrected chi connectivity index (χ0v) is 67.5. The van der Waals surface area contributed by atoms with Gasteiger partial charge in [-0.3, -0.25) is 76.1 Å². The maximum atomic E-state index is 13.6. The number of nitrogens with one attached hydrogen (secondary N) is 3. The quantitative estimate of drug-likeness (QED) is 0.0104. The Morgan fingerprint density at radius 1 is 0.746 bits per heavy atom. The van der Waals surface area contributed by atoms with Crippen molar-refractivity contribution in [3.8, 4) is 23.7 Å². The minimum Gasteiger partial charge on any atom is -0.783 e. The van der Waals surface area contributed by atoms with Gasteiger partial charge < -0.3 is 115 Å². The van der Waals surface area contributed by atoms with Gasteiger partial charge in [-0.2, -0.15) is 4.98 Å². The number of anilines is 3. The number of carboxylic acids is 2. The molecule has 5 unspecified atom stereocenters. The molecule has 1 aromatic carbocycles. The number of phosphoric acid groups is 1. The number of nitrogen functional groups attached to an aromatic ring is 3. The van der Waals surface area contributed by atoms with E-state index in [0.717, 1.165) is 39.5 Å². The summed E-state index contributed by atoms with van der Waals surface area (Å²) in [7, 11) is -5.69. The number of piperazine rings is 1. The van der Waals surface area contributed by atoms with Gasteiger partial charge in [0.1, 0.15) is 99.4 Å². The summed E-state index contributed by atoms with van der Waals surface area (Å²) in [6.07, 6.45) is 1.57. The fraction of sp³-hybridized carbons (Fsp3) is 0.444. The Balaban J connectivity index is 0.000000240. The SMILES string of the molecule is CN1CC(Cc2ccccc2)N(C)CC1COC(=O)CCC#Cc1cn(CC(=O)N(CCNC(=O)CN(CCN)C(=O)Cn2cnc3c(=O)[nH]c(N)nc32)CC(=O)O)c2ncnc(N)c12.Cc1nccn1P(=O)([O-])C[C@H]1O[C@@H](n2cnc3c(N)ncnc32)C[C@H]1OP(=O)([O-])OC[C@H]1O[C@@H](n2cc(C#CCOC(=O)C(N)CC(=O)O)c(=O)[nH]c2=O)C[C@H]1O. The van der Waals surface area contributed by atoms with E-state index in [4.69, 9.17) is 61.8 Å². The average molecular weight is 1730 g/mol. The summed E-state index contributed by atoms with van der Waals surface area (Å²) in [6.45, 7) is -0.0792. The van der Waals surface area contributed by atoms with E-state index in [1.54, 1.807) is 6.20 Å². The highest BCUT2D eigenvalue weighted by Gasteiger charge is 2.44.